The van der Waals surface area contributed by atoms with Crippen LogP contribution in [0, 0.1) is 5.92 Å². The monoisotopic (exact) mass is 380 g/mol. The number of carbonyl (C=O) groups is 1. The van der Waals surface area contributed by atoms with Crippen molar-refractivity contribution in [1.29, 1.82) is 0 Å². The van der Waals surface area contributed by atoms with Crippen LogP contribution >= 0.6 is 0 Å². The minimum absolute atomic E-state index is 0.0752. The predicted molar refractivity (Wildman–Crippen MR) is 105 cm³/mol. The van der Waals surface area contributed by atoms with Crippen LogP contribution in [-0.2, 0) is 11.8 Å². The SMILES string of the molecule is C=CC(=O)N(C)[C@H]1C[C@](C)(Oc2nc(-c3cnn(C)c3)cn3nccc23)[C@H]1C. The molecule has 3 heterocycles. The molecule has 8 nitrogen and oxygen atoms in total. The summed E-state index contributed by atoms with van der Waals surface area (Å²) in [5, 5.41) is 8.57. The highest BCUT2D eigenvalue weighted by Gasteiger charge is 2.53. The van der Waals surface area contributed by atoms with E-state index in [9.17, 15) is 4.79 Å². The Morgan fingerprint density at radius 3 is 2.86 bits per heavy atom. The van der Waals surface area contributed by atoms with Crippen LogP contribution in [0.4, 0.5) is 0 Å². The molecule has 146 valence electrons. The molecule has 4 rings (SSSR count). The molecular weight excluding hydrogens is 356 g/mol. The van der Waals surface area contributed by atoms with E-state index in [1.54, 1.807) is 33.5 Å². The Balaban J connectivity index is 1.64. The van der Waals surface area contributed by atoms with E-state index >= 15 is 0 Å². The lowest BCUT2D eigenvalue weighted by Gasteiger charge is -2.53. The molecule has 0 saturated heterocycles. The second-order valence-corrected chi connectivity index (χ2v) is 7.62. The third kappa shape index (κ3) is 2.85. The largest absolute Gasteiger partial charge is 0.469 e. The summed E-state index contributed by atoms with van der Waals surface area (Å²) in [5.41, 5.74) is 2.02. The average molecular weight is 380 g/mol. The van der Waals surface area contributed by atoms with Gasteiger partial charge in [-0.15, -0.1) is 0 Å². The van der Waals surface area contributed by atoms with E-state index < -0.39 is 5.60 Å². The van der Waals surface area contributed by atoms with Gasteiger partial charge in [0.2, 0.25) is 11.8 Å². The van der Waals surface area contributed by atoms with Gasteiger partial charge in [-0.3, -0.25) is 9.48 Å². The summed E-state index contributed by atoms with van der Waals surface area (Å²) in [6.45, 7) is 7.73. The van der Waals surface area contributed by atoms with Crippen LogP contribution in [0.25, 0.3) is 16.8 Å². The Kier molecular flexibility index (Phi) is 4.21. The van der Waals surface area contributed by atoms with Crippen LogP contribution in [0.3, 0.4) is 0 Å². The Labute approximate surface area is 163 Å². The standard InChI is InChI=1S/C20H24N6O2/c1-6-18(27)25(5)17-9-20(3,13(17)2)28-19-16-7-8-21-26(16)12-15(23-19)14-10-22-24(4)11-14/h6-8,10-13,17H,1,9H2,2-5H3/t13-,17-,20-/m0/s1. The van der Waals surface area contributed by atoms with E-state index in [4.69, 9.17) is 9.72 Å². The molecule has 1 aliphatic rings. The lowest BCUT2D eigenvalue weighted by atomic mass is 9.66. The van der Waals surface area contributed by atoms with Crippen LogP contribution in [0.1, 0.15) is 20.3 Å². The molecule has 0 unspecified atom stereocenters. The summed E-state index contributed by atoms with van der Waals surface area (Å²) in [4.78, 5) is 18.4. The van der Waals surface area contributed by atoms with Crippen molar-refractivity contribution < 1.29 is 9.53 Å². The van der Waals surface area contributed by atoms with E-state index in [0.717, 1.165) is 23.2 Å². The molecule has 1 saturated carbocycles. The first-order valence-electron chi connectivity index (χ1n) is 9.24. The number of fused-ring (bicyclic) bond motifs is 1. The maximum Gasteiger partial charge on any atom is 0.245 e. The summed E-state index contributed by atoms with van der Waals surface area (Å²) >= 11 is 0. The molecule has 1 aliphatic carbocycles. The van der Waals surface area contributed by atoms with Crippen molar-refractivity contribution in [3.05, 3.63) is 43.5 Å². The van der Waals surface area contributed by atoms with Gasteiger partial charge in [-0.25, -0.2) is 9.50 Å². The first kappa shape index (κ1) is 18.2. The molecule has 1 amide bonds. The third-order valence-corrected chi connectivity index (χ3v) is 5.86. The van der Waals surface area contributed by atoms with Gasteiger partial charge in [0.05, 0.1) is 24.3 Å². The Morgan fingerprint density at radius 1 is 1.43 bits per heavy atom. The minimum Gasteiger partial charge on any atom is -0.469 e. The van der Waals surface area contributed by atoms with E-state index in [1.807, 2.05) is 25.5 Å². The molecule has 0 radical (unpaired) electrons. The molecule has 0 bridgehead atoms. The van der Waals surface area contributed by atoms with Crippen molar-refractivity contribution in [2.24, 2.45) is 13.0 Å². The maximum atomic E-state index is 11.9. The van der Waals surface area contributed by atoms with Gasteiger partial charge < -0.3 is 9.64 Å². The molecule has 8 heteroatoms. The van der Waals surface area contributed by atoms with Crippen molar-refractivity contribution in [2.45, 2.75) is 31.9 Å². The number of carbonyl (C=O) groups excluding carboxylic acids is 1. The first-order valence-corrected chi connectivity index (χ1v) is 9.24. The van der Waals surface area contributed by atoms with Crippen molar-refractivity contribution in [3.8, 4) is 17.1 Å². The smallest absolute Gasteiger partial charge is 0.245 e. The van der Waals surface area contributed by atoms with Gasteiger partial charge in [-0.1, -0.05) is 13.5 Å². The summed E-state index contributed by atoms with van der Waals surface area (Å²) in [6.07, 6.45) is 9.33. The van der Waals surface area contributed by atoms with Crippen LogP contribution in [0.15, 0.2) is 43.5 Å². The van der Waals surface area contributed by atoms with E-state index in [1.165, 1.54) is 6.08 Å². The topological polar surface area (TPSA) is 77.6 Å². The second kappa shape index (κ2) is 6.47. The number of hydrogen-bond donors (Lipinski definition) is 0. The lowest BCUT2D eigenvalue weighted by molar-refractivity contribution is -0.144. The summed E-state index contributed by atoms with van der Waals surface area (Å²) in [6, 6.07) is 1.99. The van der Waals surface area contributed by atoms with Crippen LogP contribution in [0.5, 0.6) is 5.88 Å². The minimum atomic E-state index is -0.425. The Morgan fingerprint density at radius 2 is 2.21 bits per heavy atom. The molecule has 1 fully saturated rings. The number of amides is 1. The fraction of sp³-hybridized carbons (Fsp3) is 0.400. The molecular formula is C20H24N6O2. The zero-order valence-corrected chi connectivity index (χ0v) is 16.5. The van der Waals surface area contributed by atoms with Crippen LogP contribution in [-0.4, -0.2) is 53.9 Å². The Hall–Kier alpha value is -3.16. The van der Waals surface area contributed by atoms with Crippen molar-refractivity contribution in [1.82, 2.24) is 29.3 Å². The highest BCUT2D eigenvalue weighted by atomic mass is 16.5. The van der Waals surface area contributed by atoms with Gasteiger partial charge in [0, 0.05) is 44.2 Å². The highest BCUT2D eigenvalue weighted by molar-refractivity contribution is 5.87. The van der Waals surface area contributed by atoms with Gasteiger partial charge in [-0.2, -0.15) is 10.2 Å². The van der Waals surface area contributed by atoms with Gasteiger partial charge in [0.15, 0.2) is 0 Å². The van der Waals surface area contributed by atoms with E-state index in [0.29, 0.717) is 5.88 Å². The van der Waals surface area contributed by atoms with Crippen molar-refractivity contribution >= 4 is 11.4 Å². The number of aromatic nitrogens is 5. The average Bonchev–Trinajstić information content (AvgIpc) is 3.33. The normalized spacial score (nSPS) is 24.0. The third-order valence-electron chi connectivity index (χ3n) is 5.86. The van der Waals surface area contributed by atoms with Crippen molar-refractivity contribution in [2.75, 3.05) is 7.05 Å². The number of aryl methyl sites for hydroxylation is 1. The second-order valence-electron chi connectivity index (χ2n) is 7.62. The molecule has 0 spiro atoms. The molecule has 0 N–H and O–H groups in total. The summed E-state index contributed by atoms with van der Waals surface area (Å²) < 4.78 is 9.92. The van der Waals surface area contributed by atoms with Crippen molar-refractivity contribution in [3.63, 3.8) is 0 Å². The molecule has 3 atom stereocenters. The number of hydrogen-bond acceptors (Lipinski definition) is 5. The highest BCUT2D eigenvalue weighted by Crippen LogP contribution is 2.44. The number of rotatable bonds is 5. The lowest BCUT2D eigenvalue weighted by Crippen LogP contribution is -2.63. The molecule has 3 aromatic rings. The molecule has 3 aromatic heterocycles. The number of likely N-dealkylation sites (N-methyl/N-ethyl adjacent to an activating group) is 1. The van der Waals surface area contributed by atoms with Gasteiger partial charge in [0.25, 0.3) is 0 Å². The van der Waals surface area contributed by atoms with Gasteiger partial charge in [0.1, 0.15) is 11.1 Å². The number of nitrogens with zero attached hydrogens (tertiary/aromatic N) is 6. The van der Waals surface area contributed by atoms with Crippen LogP contribution in [0.2, 0.25) is 0 Å². The maximum absolute atomic E-state index is 11.9. The fourth-order valence-electron chi connectivity index (χ4n) is 3.83. The summed E-state index contributed by atoms with van der Waals surface area (Å²) in [5.74, 6) is 0.603. The molecule has 0 aliphatic heterocycles. The van der Waals surface area contributed by atoms with E-state index in [2.05, 4.69) is 30.6 Å². The zero-order valence-electron chi connectivity index (χ0n) is 16.5. The molecule has 0 aromatic carbocycles. The van der Waals surface area contributed by atoms with Gasteiger partial charge >= 0.3 is 0 Å². The predicted octanol–water partition coefficient (Wildman–Crippen LogP) is 2.32. The quantitative estimate of drug-likeness (QED) is 0.635. The zero-order chi connectivity index (χ0) is 20.1. The number of ether oxygens (including phenoxy) is 1. The fourth-order valence-corrected chi connectivity index (χ4v) is 3.83. The first-order chi connectivity index (χ1) is 13.3. The van der Waals surface area contributed by atoms with Crippen LogP contribution < -0.4 is 4.74 Å². The van der Waals surface area contributed by atoms with Gasteiger partial charge in [-0.05, 0) is 19.1 Å². The van der Waals surface area contributed by atoms with E-state index in [-0.39, 0.29) is 17.9 Å². The molecule has 28 heavy (non-hydrogen) atoms. The summed E-state index contributed by atoms with van der Waals surface area (Å²) in [7, 11) is 3.67. The Bertz CT molecular complexity index is 1050.